The van der Waals surface area contributed by atoms with Gasteiger partial charge in [-0.25, -0.2) is 9.97 Å². The molecule has 0 aliphatic rings. The Morgan fingerprint density at radius 3 is 3.09 bits per heavy atom. The first-order valence-electron chi connectivity index (χ1n) is 6.49. The van der Waals surface area contributed by atoms with Crippen molar-refractivity contribution in [2.24, 2.45) is 0 Å². The monoisotopic (exact) mass is 347 g/mol. The molecule has 0 unspecified atom stereocenters. The van der Waals surface area contributed by atoms with Crippen LogP contribution in [0.4, 0.5) is 0 Å². The summed E-state index contributed by atoms with van der Waals surface area (Å²) >= 11 is 2.81. The van der Waals surface area contributed by atoms with Crippen molar-refractivity contribution in [1.29, 1.82) is 0 Å². The van der Waals surface area contributed by atoms with Crippen LogP contribution < -0.4 is 5.56 Å². The topological polar surface area (TPSA) is 99.8 Å². The fourth-order valence-corrected chi connectivity index (χ4v) is 3.46. The second-order valence-corrected chi connectivity index (χ2v) is 6.59. The Kier molecular flexibility index (Phi) is 3.46. The van der Waals surface area contributed by atoms with E-state index in [1.807, 2.05) is 6.26 Å². The van der Waals surface area contributed by atoms with Gasteiger partial charge < -0.3 is 8.94 Å². The number of furan rings is 1. The van der Waals surface area contributed by atoms with Crippen LogP contribution in [0.25, 0.3) is 21.7 Å². The predicted octanol–water partition coefficient (Wildman–Crippen LogP) is 2.27. The van der Waals surface area contributed by atoms with Gasteiger partial charge in [-0.1, -0.05) is 16.9 Å². The molecule has 0 atom stereocenters. The molecule has 8 nitrogen and oxygen atoms in total. The fraction of sp³-hybridized carbons (Fsp3) is 0.154. The van der Waals surface area contributed by atoms with E-state index in [0.717, 1.165) is 4.34 Å². The van der Waals surface area contributed by atoms with Crippen LogP contribution in [-0.2, 0) is 6.54 Å². The summed E-state index contributed by atoms with van der Waals surface area (Å²) in [6.07, 6.45) is 6.40. The van der Waals surface area contributed by atoms with Crippen molar-refractivity contribution >= 4 is 33.4 Å². The zero-order valence-electron chi connectivity index (χ0n) is 11.8. The quantitative estimate of drug-likeness (QED) is 0.518. The Bertz CT molecular complexity index is 1020. The zero-order valence-corrected chi connectivity index (χ0v) is 13.4. The van der Waals surface area contributed by atoms with Crippen LogP contribution >= 0.6 is 23.1 Å². The molecule has 4 heterocycles. The van der Waals surface area contributed by atoms with Gasteiger partial charge in [0.15, 0.2) is 9.99 Å². The molecule has 4 aromatic rings. The third-order valence-corrected chi connectivity index (χ3v) is 5.11. The maximum absolute atomic E-state index is 12.5. The Morgan fingerprint density at radius 2 is 2.30 bits per heavy atom. The number of thioether (sulfide) groups is 1. The largest absolute Gasteiger partial charge is 0.472 e. The SMILES string of the molecule is CSc1nc2ncn(Cc3nc(-c4ccoc4)no3)c(=O)c2s1. The number of hydrogen-bond donors (Lipinski definition) is 0. The van der Waals surface area contributed by atoms with Crippen molar-refractivity contribution in [3.05, 3.63) is 41.2 Å². The number of rotatable bonds is 4. The van der Waals surface area contributed by atoms with Gasteiger partial charge in [0.2, 0.25) is 11.7 Å². The summed E-state index contributed by atoms with van der Waals surface area (Å²) in [4.78, 5) is 25.2. The lowest BCUT2D eigenvalue weighted by Gasteiger charge is -1.99. The van der Waals surface area contributed by atoms with Gasteiger partial charge in [-0.3, -0.25) is 9.36 Å². The number of thiazole rings is 1. The lowest BCUT2D eigenvalue weighted by Crippen LogP contribution is -2.20. The Labute approximate surface area is 137 Å². The predicted molar refractivity (Wildman–Crippen MR) is 84.6 cm³/mol. The van der Waals surface area contributed by atoms with Crippen molar-refractivity contribution < 1.29 is 8.94 Å². The molecule has 10 heteroatoms. The van der Waals surface area contributed by atoms with Crippen LogP contribution in [-0.4, -0.2) is 30.9 Å². The van der Waals surface area contributed by atoms with Gasteiger partial charge >= 0.3 is 0 Å². The standard InChI is InChI=1S/C13H9N5O3S2/c1-22-13-16-11-9(23-13)12(19)18(6-14-11)4-8-15-10(17-21-8)7-2-3-20-5-7/h2-3,5-6H,4H2,1H3. The molecule has 0 spiro atoms. The van der Waals surface area contributed by atoms with E-state index in [9.17, 15) is 4.79 Å². The number of hydrogen-bond acceptors (Lipinski definition) is 9. The number of nitrogens with zero attached hydrogens (tertiary/aromatic N) is 5. The molecule has 0 radical (unpaired) electrons. The lowest BCUT2D eigenvalue weighted by molar-refractivity contribution is 0.369. The highest BCUT2D eigenvalue weighted by atomic mass is 32.2. The van der Waals surface area contributed by atoms with Crippen molar-refractivity contribution in [1.82, 2.24) is 24.7 Å². The molecule has 0 aliphatic carbocycles. The first kappa shape index (κ1) is 14.2. The Hall–Kier alpha value is -2.46. The maximum atomic E-state index is 12.5. The van der Waals surface area contributed by atoms with Gasteiger partial charge in [-0.15, -0.1) is 11.3 Å². The van der Waals surface area contributed by atoms with Crippen LogP contribution in [0.2, 0.25) is 0 Å². The molecule has 0 bridgehead atoms. The summed E-state index contributed by atoms with van der Waals surface area (Å²) in [5.41, 5.74) is 1.01. The minimum Gasteiger partial charge on any atom is -0.472 e. The van der Waals surface area contributed by atoms with Crippen molar-refractivity contribution in [2.45, 2.75) is 10.9 Å². The van der Waals surface area contributed by atoms with Crippen molar-refractivity contribution in [3.8, 4) is 11.4 Å². The molecule has 0 fully saturated rings. The second kappa shape index (κ2) is 5.63. The molecule has 0 aromatic carbocycles. The van der Waals surface area contributed by atoms with E-state index in [0.29, 0.717) is 27.6 Å². The molecule has 0 N–H and O–H groups in total. The lowest BCUT2D eigenvalue weighted by atomic mass is 10.3. The van der Waals surface area contributed by atoms with Gasteiger partial charge in [-0.05, 0) is 12.3 Å². The van der Waals surface area contributed by atoms with Gasteiger partial charge in [0.1, 0.15) is 23.8 Å². The molecule has 23 heavy (non-hydrogen) atoms. The van der Waals surface area contributed by atoms with Gasteiger partial charge in [0.25, 0.3) is 5.56 Å². The maximum Gasteiger partial charge on any atom is 0.273 e. The fourth-order valence-electron chi connectivity index (χ4n) is 2.00. The zero-order chi connectivity index (χ0) is 15.8. The number of aromatic nitrogens is 5. The van der Waals surface area contributed by atoms with Crippen LogP contribution in [0.1, 0.15) is 5.89 Å². The summed E-state index contributed by atoms with van der Waals surface area (Å²) in [6.45, 7) is 0.152. The van der Waals surface area contributed by atoms with Crippen molar-refractivity contribution in [3.63, 3.8) is 0 Å². The van der Waals surface area contributed by atoms with E-state index in [1.165, 1.54) is 46.5 Å². The third kappa shape index (κ3) is 2.55. The summed E-state index contributed by atoms with van der Waals surface area (Å²) in [7, 11) is 0. The molecule has 0 saturated heterocycles. The Balaban J connectivity index is 1.67. The van der Waals surface area contributed by atoms with Gasteiger partial charge in [0, 0.05) is 0 Å². The molecule has 0 amide bonds. The average molecular weight is 347 g/mol. The Morgan fingerprint density at radius 1 is 1.39 bits per heavy atom. The van der Waals surface area contributed by atoms with E-state index in [-0.39, 0.29) is 12.1 Å². The minimum atomic E-state index is -0.170. The van der Waals surface area contributed by atoms with Crippen LogP contribution in [0, 0.1) is 0 Å². The van der Waals surface area contributed by atoms with E-state index in [4.69, 9.17) is 8.94 Å². The van der Waals surface area contributed by atoms with E-state index >= 15 is 0 Å². The second-order valence-electron chi connectivity index (χ2n) is 4.54. The summed E-state index contributed by atoms with van der Waals surface area (Å²) in [6, 6.07) is 1.73. The van der Waals surface area contributed by atoms with E-state index in [1.54, 1.807) is 6.07 Å². The minimum absolute atomic E-state index is 0.152. The smallest absolute Gasteiger partial charge is 0.273 e. The molecular formula is C13H9N5O3S2. The average Bonchev–Trinajstić information content (AvgIpc) is 3.29. The molecule has 0 aliphatic heterocycles. The molecule has 116 valence electrons. The molecule has 4 aromatic heterocycles. The van der Waals surface area contributed by atoms with Crippen LogP contribution in [0.5, 0.6) is 0 Å². The van der Waals surface area contributed by atoms with Gasteiger partial charge in [0.05, 0.1) is 11.8 Å². The normalized spacial score (nSPS) is 11.3. The van der Waals surface area contributed by atoms with Crippen molar-refractivity contribution in [2.75, 3.05) is 6.26 Å². The molecule has 4 rings (SSSR count). The molecule has 0 saturated carbocycles. The van der Waals surface area contributed by atoms with Crippen LogP contribution in [0.3, 0.4) is 0 Å². The highest BCUT2D eigenvalue weighted by Crippen LogP contribution is 2.24. The van der Waals surface area contributed by atoms with E-state index < -0.39 is 0 Å². The summed E-state index contributed by atoms with van der Waals surface area (Å²) in [5.74, 6) is 0.734. The first-order chi connectivity index (χ1) is 11.2. The third-order valence-electron chi connectivity index (χ3n) is 3.09. The summed E-state index contributed by atoms with van der Waals surface area (Å²) < 4.78 is 12.9. The number of fused-ring (bicyclic) bond motifs is 1. The highest BCUT2D eigenvalue weighted by Gasteiger charge is 2.14. The first-order valence-corrected chi connectivity index (χ1v) is 8.54. The van der Waals surface area contributed by atoms with Gasteiger partial charge in [-0.2, -0.15) is 4.98 Å². The summed E-state index contributed by atoms with van der Waals surface area (Å²) in [5, 5.41) is 3.87. The van der Waals surface area contributed by atoms with Crippen LogP contribution in [0.15, 0.2) is 43.0 Å². The molecular weight excluding hydrogens is 338 g/mol. The highest BCUT2D eigenvalue weighted by molar-refractivity contribution is 8.00. The van der Waals surface area contributed by atoms with E-state index in [2.05, 4.69) is 20.1 Å².